The molecule has 0 atom stereocenters. The molecule has 176 valence electrons. The zero-order valence-electron chi connectivity index (χ0n) is 19.0. The number of hydrogen-bond acceptors (Lipinski definition) is 6. The second-order valence-corrected chi connectivity index (χ2v) is 8.68. The van der Waals surface area contributed by atoms with Gasteiger partial charge in [-0.1, -0.05) is 17.7 Å². The van der Waals surface area contributed by atoms with Gasteiger partial charge in [-0.05, 0) is 24.3 Å². The average molecular weight is 491 g/mol. The molecule has 0 radical (unpaired) electrons. The maximum absolute atomic E-state index is 14.6. The molecule has 1 N–H and O–H groups in total. The zero-order chi connectivity index (χ0) is 24.7. The first-order valence-corrected chi connectivity index (χ1v) is 11.2. The summed E-state index contributed by atoms with van der Waals surface area (Å²) in [6, 6.07) is 10.1. The zero-order valence-corrected chi connectivity index (χ0v) is 19.7. The van der Waals surface area contributed by atoms with Crippen molar-refractivity contribution >= 4 is 29.1 Å². The van der Waals surface area contributed by atoms with E-state index in [0.717, 1.165) is 5.56 Å². The molecule has 1 amide bonds. The number of benzene rings is 2. The molecule has 0 bridgehead atoms. The van der Waals surface area contributed by atoms with Gasteiger partial charge in [0.05, 0.1) is 12.8 Å². The van der Waals surface area contributed by atoms with Crippen LogP contribution in [0.25, 0.3) is 16.8 Å². The summed E-state index contributed by atoms with van der Waals surface area (Å²) in [6.45, 7) is 0.706. The van der Waals surface area contributed by atoms with Crippen LogP contribution in [0.1, 0.15) is 27.2 Å². The molecule has 0 fully saturated rings. The van der Waals surface area contributed by atoms with Crippen LogP contribution < -0.4 is 10.1 Å². The molecule has 35 heavy (non-hydrogen) atoms. The number of fused-ring (bicyclic) bond motifs is 2. The molecule has 10 heteroatoms. The number of carbonyl (C=O) groups excluding carboxylic acids is 1. The van der Waals surface area contributed by atoms with E-state index in [0.29, 0.717) is 57.6 Å². The summed E-state index contributed by atoms with van der Waals surface area (Å²) >= 11 is 6.54. The fraction of sp³-hybridized carbons (Fsp3) is 0.200. The number of nitrogens with one attached hydrogen (secondary N) is 1. The fourth-order valence-corrected chi connectivity index (χ4v) is 4.43. The molecule has 2 aromatic heterocycles. The van der Waals surface area contributed by atoms with Crippen molar-refractivity contribution in [3.05, 3.63) is 75.9 Å². The Bertz CT molecular complexity index is 1520. The molecule has 5 rings (SSSR count). The Morgan fingerprint density at radius 3 is 2.89 bits per heavy atom. The number of amides is 1. The Labute approximate surface area is 205 Å². The van der Waals surface area contributed by atoms with E-state index in [4.69, 9.17) is 16.3 Å². The van der Waals surface area contributed by atoms with Crippen molar-refractivity contribution in [2.24, 2.45) is 0 Å². The van der Waals surface area contributed by atoms with Gasteiger partial charge in [-0.3, -0.25) is 9.20 Å². The lowest BCUT2D eigenvalue weighted by atomic mass is 10.0. The number of aromatic nitrogens is 3. The molecule has 4 aromatic rings. The molecule has 0 spiro atoms. The van der Waals surface area contributed by atoms with Crippen LogP contribution in [-0.4, -0.2) is 45.9 Å². The van der Waals surface area contributed by atoms with Gasteiger partial charge in [0.1, 0.15) is 17.6 Å². The van der Waals surface area contributed by atoms with Crippen molar-refractivity contribution in [2.45, 2.75) is 13.0 Å². The van der Waals surface area contributed by atoms with Gasteiger partial charge >= 0.3 is 0 Å². The van der Waals surface area contributed by atoms with E-state index >= 15 is 0 Å². The van der Waals surface area contributed by atoms with Gasteiger partial charge < -0.3 is 15.0 Å². The van der Waals surface area contributed by atoms with Crippen LogP contribution in [0.2, 0.25) is 5.02 Å². The number of ether oxygens (including phenoxy) is 1. The van der Waals surface area contributed by atoms with Crippen molar-refractivity contribution < 1.29 is 13.9 Å². The molecule has 1 aliphatic rings. The summed E-state index contributed by atoms with van der Waals surface area (Å²) < 4.78 is 21.8. The molecule has 3 heterocycles. The van der Waals surface area contributed by atoms with E-state index in [9.17, 15) is 14.4 Å². The Kier molecular flexibility index (Phi) is 5.75. The highest BCUT2D eigenvalue weighted by Crippen LogP contribution is 2.33. The summed E-state index contributed by atoms with van der Waals surface area (Å²) in [6.07, 6.45) is 3.79. The van der Waals surface area contributed by atoms with Crippen molar-refractivity contribution in [3.8, 4) is 22.9 Å². The monoisotopic (exact) mass is 490 g/mol. The van der Waals surface area contributed by atoms with E-state index in [-0.39, 0.29) is 24.0 Å². The van der Waals surface area contributed by atoms with Crippen molar-refractivity contribution in [2.75, 3.05) is 26.0 Å². The fourth-order valence-electron chi connectivity index (χ4n) is 4.15. The van der Waals surface area contributed by atoms with Crippen LogP contribution >= 0.6 is 11.6 Å². The number of halogens is 2. The highest BCUT2D eigenvalue weighted by molar-refractivity contribution is 6.34. The standard InChI is InChI=1S/C25H20ClFN6O2/c1-32(2)24(34)14-3-4-16(20(26)9-14)19-12-30-25(33-13-15(10-28)31-23(19)33)29-11-18-17-7-8-35-22(17)6-5-21(18)27/h3-6,9,12-13H,7-8,11H2,1-2H3,(H,29,30). The Hall–Kier alpha value is -4.16. The van der Waals surface area contributed by atoms with E-state index < -0.39 is 0 Å². The Morgan fingerprint density at radius 1 is 1.31 bits per heavy atom. The van der Waals surface area contributed by atoms with Gasteiger partial charge in [-0.2, -0.15) is 5.26 Å². The van der Waals surface area contributed by atoms with Crippen molar-refractivity contribution in [1.82, 2.24) is 19.3 Å². The number of nitrogens with zero attached hydrogens (tertiary/aromatic N) is 5. The van der Waals surface area contributed by atoms with Crippen LogP contribution in [0.3, 0.4) is 0 Å². The first kappa shape index (κ1) is 22.6. The van der Waals surface area contributed by atoms with Gasteiger partial charge in [-0.15, -0.1) is 0 Å². The maximum atomic E-state index is 14.6. The number of anilines is 1. The van der Waals surface area contributed by atoms with Crippen molar-refractivity contribution in [3.63, 3.8) is 0 Å². The number of carbonyl (C=O) groups is 1. The van der Waals surface area contributed by atoms with Crippen LogP contribution in [0.15, 0.2) is 42.7 Å². The highest BCUT2D eigenvalue weighted by Gasteiger charge is 2.21. The molecule has 0 saturated carbocycles. The summed E-state index contributed by atoms with van der Waals surface area (Å²) in [5, 5.41) is 13.0. The molecule has 0 saturated heterocycles. The largest absolute Gasteiger partial charge is 0.493 e. The summed E-state index contributed by atoms with van der Waals surface area (Å²) in [4.78, 5) is 22.7. The molecular formula is C25H20ClFN6O2. The van der Waals surface area contributed by atoms with Crippen LogP contribution in [0, 0.1) is 17.1 Å². The van der Waals surface area contributed by atoms with Gasteiger partial charge in [0.25, 0.3) is 5.91 Å². The SMILES string of the molecule is CN(C)C(=O)c1ccc(-c2cnc(NCc3c(F)ccc4c3CCO4)n3cc(C#N)nc23)c(Cl)c1. The molecule has 1 aliphatic heterocycles. The summed E-state index contributed by atoms with van der Waals surface area (Å²) in [7, 11) is 3.33. The van der Waals surface area contributed by atoms with E-state index in [1.54, 1.807) is 55.2 Å². The normalized spacial score (nSPS) is 12.2. The number of hydrogen-bond donors (Lipinski definition) is 1. The minimum absolute atomic E-state index is 0.168. The van der Waals surface area contributed by atoms with Gasteiger partial charge in [0.2, 0.25) is 5.95 Å². The highest BCUT2D eigenvalue weighted by atomic mass is 35.5. The lowest BCUT2D eigenvalue weighted by Gasteiger charge is -2.14. The smallest absolute Gasteiger partial charge is 0.253 e. The third-order valence-corrected chi connectivity index (χ3v) is 6.19. The first-order chi connectivity index (χ1) is 16.9. The third-order valence-electron chi connectivity index (χ3n) is 5.88. The van der Waals surface area contributed by atoms with E-state index in [1.807, 2.05) is 6.07 Å². The first-order valence-electron chi connectivity index (χ1n) is 10.8. The van der Waals surface area contributed by atoms with Gasteiger partial charge in [0, 0.05) is 66.1 Å². The molecule has 2 aromatic carbocycles. The van der Waals surface area contributed by atoms with Crippen molar-refractivity contribution in [1.29, 1.82) is 5.26 Å². The Balaban J connectivity index is 1.53. The lowest BCUT2D eigenvalue weighted by molar-refractivity contribution is 0.0827. The Morgan fingerprint density at radius 2 is 2.14 bits per heavy atom. The topological polar surface area (TPSA) is 95.5 Å². The number of rotatable bonds is 5. The number of nitriles is 1. The summed E-state index contributed by atoms with van der Waals surface area (Å²) in [5.41, 5.74) is 3.66. The minimum atomic E-state index is -0.322. The predicted octanol–water partition coefficient (Wildman–Crippen LogP) is 4.31. The van der Waals surface area contributed by atoms with E-state index in [1.165, 1.54) is 11.0 Å². The molecule has 0 aliphatic carbocycles. The van der Waals surface area contributed by atoms with Gasteiger partial charge in [-0.25, -0.2) is 14.4 Å². The predicted molar refractivity (Wildman–Crippen MR) is 129 cm³/mol. The molecular weight excluding hydrogens is 471 g/mol. The average Bonchev–Trinajstić information content (AvgIpc) is 3.50. The van der Waals surface area contributed by atoms with Crippen LogP contribution in [0.4, 0.5) is 10.3 Å². The molecule has 8 nitrogen and oxygen atoms in total. The number of imidazole rings is 1. The third kappa shape index (κ3) is 4.02. The maximum Gasteiger partial charge on any atom is 0.253 e. The molecule has 0 unspecified atom stereocenters. The van der Waals surface area contributed by atoms with Gasteiger partial charge in [0.15, 0.2) is 11.3 Å². The lowest BCUT2D eigenvalue weighted by Crippen LogP contribution is -2.21. The second kappa shape index (κ2) is 8.89. The van der Waals surface area contributed by atoms with Crippen LogP contribution in [0.5, 0.6) is 5.75 Å². The summed E-state index contributed by atoms with van der Waals surface area (Å²) in [5.74, 6) is 0.595. The minimum Gasteiger partial charge on any atom is -0.493 e. The quantitative estimate of drug-likeness (QED) is 0.448. The second-order valence-electron chi connectivity index (χ2n) is 8.28. The van der Waals surface area contributed by atoms with E-state index in [2.05, 4.69) is 15.3 Å². The van der Waals surface area contributed by atoms with Crippen LogP contribution in [-0.2, 0) is 13.0 Å².